The van der Waals surface area contributed by atoms with E-state index in [9.17, 15) is 0 Å². The Kier molecular flexibility index (Phi) is 7.68. The number of benzene rings is 1. The number of nitrogens with one attached hydrogen (secondary N) is 3. The molecule has 0 amide bonds. The Hall–Kier alpha value is -2.41. The predicted molar refractivity (Wildman–Crippen MR) is 143 cm³/mol. The van der Waals surface area contributed by atoms with Crippen molar-refractivity contribution in [3.63, 3.8) is 0 Å². The van der Waals surface area contributed by atoms with Crippen molar-refractivity contribution in [3.8, 4) is 0 Å². The summed E-state index contributed by atoms with van der Waals surface area (Å²) in [4.78, 5) is 11.9. The van der Waals surface area contributed by atoms with Crippen LogP contribution in [-0.4, -0.2) is 41.3 Å². The third kappa shape index (κ3) is 6.14. The van der Waals surface area contributed by atoms with Gasteiger partial charge in [-0.1, -0.05) is 26.0 Å². The molecular weight excluding hydrogens is 428 g/mol. The molecule has 2 aromatic rings. The van der Waals surface area contributed by atoms with Gasteiger partial charge in [0.1, 0.15) is 5.82 Å². The normalized spacial score (nSPS) is 20.2. The topological polar surface area (TPSA) is 65.1 Å². The van der Waals surface area contributed by atoms with Crippen molar-refractivity contribution in [1.29, 1.82) is 0 Å². The molecule has 7 heteroatoms. The van der Waals surface area contributed by atoms with Crippen LogP contribution in [0.25, 0.3) is 0 Å². The second kappa shape index (κ2) is 10.7. The highest BCUT2D eigenvalue weighted by Gasteiger charge is 2.24. The van der Waals surface area contributed by atoms with E-state index >= 15 is 0 Å². The molecule has 33 heavy (non-hydrogen) atoms. The maximum absolute atomic E-state index is 5.57. The Morgan fingerprint density at radius 3 is 2.30 bits per heavy atom. The van der Waals surface area contributed by atoms with Crippen molar-refractivity contribution in [2.75, 3.05) is 29.6 Å². The minimum atomic E-state index is 0.403. The van der Waals surface area contributed by atoms with Crippen LogP contribution in [0.2, 0.25) is 0 Å². The van der Waals surface area contributed by atoms with E-state index in [1.165, 1.54) is 29.7 Å². The van der Waals surface area contributed by atoms with Crippen LogP contribution in [-0.2, 0) is 12.8 Å². The zero-order valence-corrected chi connectivity index (χ0v) is 21.3. The highest BCUT2D eigenvalue weighted by molar-refractivity contribution is 7.80. The number of aromatic nitrogens is 2. The number of rotatable bonds is 6. The molecule has 0 bridgehead atoms. The summed E-state index contributed by atoms with van der Waals surface area (Å²) in [5.74, 6) is 2.40. The lowest BCUT2D eigenvalue weighted by Crippen LogP contribution is -2.42. The van der Waals surface area contributed by atoms with Crippen molar-refractivity contribution >= 4 is 34.8 Å². The smallest absolute Gasteiger partial charge is 0.225 e. The fourth-order valence-corrected chi connectivity index (χ4v) is 5.16. The number of hydrogen-bond acceptors (Lipinski definition) is 5. The van der Waals surface area contributed by atoms with Gasteiger partial charge in [-0.05, 0) is 87.2 Å². The lowest BCUT2D eigenvalue weighted by molar-refractivity contribution is 0.387. The van der Waals surface area contributed by atoms with Crippen LogP contribution in [0.1, 0.15) is 75.1 Å². The summed E-state index contributed by atoms with van der Waals surface area (Å²) in [5, 5.41) is 11.2. The van der Waals surface area contributed by atoms with Gasteiger partial charge in [0.15, 0.2) is 5.11 Å². The van der Waals surface area contributed by atoms with Crippen molar-refractivity contribution in [1.82, 2.24) is 15.3 Å². The Morgan fingerprint density at radius 1 is 0.970 bits per heavy atom. The van der Waals surface area contributed by atoms with Gasteiger partial charge in [0, 0.05) is 37.4 Å². The molecule has 0 unspecified atom stereocenters. The fourth-order valence-electron chi connectivity index (χ4n) is 4.88. The number of thiocarbonyl (C=S) groups is 1. The van der Waals surface area contributed by atoms with E-state index in [2.05, 4.69) is 73.1 Å². The van der Waals surface area contributed by atoms with Gasteiger partial charge in [-0.25, -0.2) is 4.98 Å². The zero-order valence-electron chi connectivity index (χ0n) is 20.4. The number of aryl methyl sites for hydroxylation is 1. The number of fused-ring (bicyclic) bond motifs is 1. The molecule has 0 spiro atoms. The second-order valence-corrected chi connectivity index (χ2v) is 10.4. The van der Waals surface area contributed by atoms with E-state index in [4.69, 9.17) is 22.2 Å². The van der Waals surface area contributed by atoms with Crippen LogP contribution < -0.4 is 20.9 Å². The first-order chi connectivity index (χ1) is 15.9. The van der Waals surface area contributed by atoms with Gasteiger partial charge in [-0.2, -0.15) is 4.98 Å². The summed E-state index contributed by atoms with van der Waals surface area (Å²) in [5.41, 5.74) is 4.94. The lowest BCUT2D eigenvalue weighted by Gasteiger charge is -2.31. The summed E-state index contributed by atoms with van der Waals surface area (Å²) < 4.78 is 0. The number of anilines is 3. The standard InChI is InChI=1S/C26H38N6S/c1-17(2)18-9-11-20(12-10-18)28-26(33)29-21-15-13-19(14-16-21)27-25-30-23-8-6-5-7-22(23)24(31-25)32(3)4/h9-12,17,19,21H,5-8,13-16H2,1-4H3,(H,27,30,31)(H2,28,29,33)/t19-,21+. The molecule has 1 aromatic heterocycles. The first-order valence-electron chi connectivity index (χ1n) is 12.4. The molecule has 3 N–H and O–H groups in total. The summed E-state index contributed by atoms with van der Waals surface area (Å²) >= 11 is 5.57. The van der Waals surface area contributed by atoms with Crippen LogP contribution in [0.15, 0.2) is 24.3 Å². The highest BCUT2D eigenvalue weighted by atomic mass is 32.1. The van der Waals surface area contributed by atoms with E-state index in [-0.39, 0.29) is 0 Å². The molecular formula is C26H38N6S. The molecule has 1 fully saturated rings. The van der Waals surface area contributed by atoms with Gasteiger partial charge in [-0.3, -0.25) is 0 Å². The van der Waals surface area contributed by atoms with Crippen LogP contribution in [0.3, 0.4) is 0 Å². The Bertz CT molecular complexity index is 948. The molecule has 0 saturated heterocycles. The summed E-state index contributed by atoms with van der Waals surface area (Å²) in [6.07, 6.45) is 8.95. The Labute approximate surface area is 204 Å². The van der Waals surface area contributed by atoms with Crippen molar-refractivity contribution in [3.05, 3.63) is 41.1 Å². The predicted octanol–water partition coefficient (Wildman–Crippen LogP) is 5.25. The van der Waals surface area contributed by atoms with E-state index in [0.717, 1.165) is 56.0 Å². The van der Waals surface area contributed by atoms with Gasteiger partial charge < -0.3 is 20.9 Å². The minimum Gasteiger partial charge on any atom is -0.362 e. The SMILES string of the molecule is CC(C)c1ccc(NC(=S)N[C@H]2CC[C@@H](Nc3nc4c(c(N(C)C)n3)CCCC4)CC2)cc1. The lowest BCUT2D eigenvalue weighted by atomic mass is 9.91. The quantitative estimate of drug-likeness (QED) is 0.502. The molecule has 1 aromatic carbocycles. The van der Waals surface area contributed by atoms with Crippen molar-refractivity contribution in [2.24, 2.45) is 0 Å². The van der Waals surface area contributed by atoms with Crippen LogP contribution in [0, 0.1) is 0 Å². The van der Waals surface area contributed by atoms with Gasteiger partial charge in [0.25, 0.3) is 0 Å². The molecule has 2 aliphatic carbocycles. The number of nitrogens with zero attached hydrogens (tertiary/aromatic N) is 3. The Morgan fingerprint density at radius 2 is 1.64 bits per heavy atom. The molecule has 1 saturated carbocycles. The molecule has 1 heterocycles. The van der Waals surface area contributed by atoms with Crippen molar-refractivity contribution < 1.29 is 0 Å². The molecule has 0 radical (unpaired) electrons. The first-order valence-corrected chi connectivity index (χ1v) is 12.8. The van der Waals surface area contributed by atoms with Gasteiger partial charge >= 0.3 is 0 Å². The van der Waals surface area contributed by atoms with Gasteiger partial charge in [-0.15, -0.1) is 0 Å². The molecule has 2 aliphatic rings. The Balaban J connectivity index is 1.28. The third-order valence-electron chi connectivity index (χ3n) is 6.82. The minimum absolute atomic E-state index is 0.403. The zero-order chi connectivity index (χ0) is 23.4. The number of hydrogen-bond donors (Lipinski definition) is 3. The maximum atomic E-state index is 5.57. The van der Waals surface area contributed by atoms with E-state index in [1.807, 2.05) is 0 Å². The molecule has 6 nitrogen and oxygen atoms in total. The van der Waals surface area contributed by atoms with Gasteiger partial charge in [0.2, 0.25) is 5.95 Å². The molecule has 0 atom stereocenters. The van der Waals surface area contributed by atoms with Gasteiger partial charge in [0.05, 0.1) is 5.69 Å². The van der Waals surface area contributed by atoms with E-state index in [1.54, 1.807) is 0 Å². The van der Waals surface area contributed by atoms with Crippen molar-refractivity contribution in [2.45, 2.75) is 83.2 Å². The van der Waals surface area contributed by atoms with Crippen LogP contribution in [0.4, 0.5) is 17.5 Å². The van der Waals surface area contributed by atoms with E-state index in [0.29, 0.717) is 23.1 Å². The molecule has 178 valence electrons. The molecule has 0 aliphatic heterocycles. The largest absolute Gasteiger partial charge is 0.362 e. The second-order valence-electron chi connectivity index (χ2n) is 9.97. The fraction of sp³-hybridized carbons (Fsp3) is 0.577. The summed E-state index contributed by atoms with van der Waals surface area (Å²) in [7, 11) is 4.15. The average Bonchev–Trinajstić information content (AvgIpc) is 2.80. The summed E-state index contributed by atoms with van der Waals surface area (Å²) in [6.45, 7) is 4.41. The molecule has 4 rings (SSSR count). The van der Waals surface area contributed by atoms with Crippen LogP contribution >= 0.6 is 12.2 Å². The van der Waals surface area contributed by atoms with Crippen LogP contribution in [0.5, 0.6) is 0 Å². The third-order valence-corrected chi connectivity index (χ3v) is 7.04. The maximum Gasteiger partial charge on any atom is 0.225 e. The monoisotopic (exact) mass is 466 g/mol. The van der Waals surface area contributed by atoms with E-state index < -0.39 is 0 Å². The average molecular weight is 467 g/mol. The summed E-state index contributed by atoms with van der Waals surface area (Å²) in [6, 6.07) is 9.34. The first kappa shape index (κ1) is 23.7. The highest BCUT2D eigenvalue weighted by Crippen LogP contribution is 2.29.